The largest absolute Gasteiger partial charge is 0.381 e. The molecule has 0 saturated carbocycles. The summed E-state index contributed by atoms with van der Waals surface area (Å²) in [5.41, 5.74) is 2.84. The summed E-state index contributed by atoms with van der Waals surface area (Å²) in [4.78, 5) is 0. The maximum atomic E-state index is 6.14. The first-order chi connectivity index (χ1) is 7.74. The van der Waals surface area contributed by atoms with E-state index >= 15 is 0 Å². The standard InChI is InChI=1S/C14H19ClO/c1-12-3-5-13(6-4-12)9-14(10-15)7-2-8-16-11-14/h3-6H,2,7-11H2,1H3. The van der Waals surface area contributed by atoms with Gasteiger partial charge in [0.2, 0.25) is 0 Å². The third kappa shape index (κ3) is 2.78. The zero-order valence-electron chi connectivity index (χ0n) is 9.84. The Morgan fingerprint density at radius 3 is 2.62 bits per heavy atom. The van der Waals surface area contributed by atoms with Crippen LogP contribution in [-0.4, -0.2) is 19.1 Å². The molecule has 1 aromatic rings. The first-order valence-electron chi connectivity index (χ1n) is 5.93. The molecule has 0 N–H and O–H groups in total. The second-order valence-electron chi connectivity index (χ2n) is 4.95. The van der Waals surface area contributed by atoms with Gasteiger partial charge in [-0.25, -0.2) is 0 Å². The van der Waals surface area contributed by atoms with Crippen molar-refractivity contribution < 1.29 is 4.74 Å². The van der Waals surface area contributed by atoms with E-state index in [0.717, 1.165) is 26.1 Å². The van der Waals surface area contributed by atoms with Gasteiger partial charge in [0.15, 0.2) is 0 Å². The topological polar surface area (TPSA) is 9.23 Å². The second-order valence-corrected chi connectivity index (χ2v) is 5.22. The van der Waals surface area contributed by atoms with Gasteiger partial charge < -0.3 is 4.74 Å². The summed E-state index contributed by atoms with van der Waals surface area (Å²) in [6.45, 7) is 3.82. The van der Waals surface area contributed by atoms with E-state index in [1.54, 1.807) is 0 Å². The second kappa shape index (κ2) is 5.20. The highest BCUT2D eigenvalue weighted by Crippen LogP contribution is 2.33. The fourth-order valence-electron chi connectivity index (χ4n) is 2.34. The average Bonchev–Trinajstić information content (AvgIpc) is 2.33. The molecular formula is C14H19ClO. The molecule has 16 heavy (non-hydrogen) atoms. The van der Waals surface area contributed by atoms with E-state index < -0.39 is 0 Å². The zero-order chi connectivity index (χ0) is 11.4. The molecule has 0 bridgehead atoms. The van der Waals surface area contributed by atoms with Crippen molar-refractivity contribution in [3.63, 3.8) is 0 Å². The Balaban J connectivity index is 2.08. The Morgan fingerprint density at radius 2 is 2.06 bits per heavy atom. The molecule has 1 saturated heterocycles. The van der Waals surface area contributed by atoms with Crippen molar-refractivity contribution in [1.29, 1.82) is 0 Å². The quantitative estimate of drug-likeness (QED) is 0.732. The molecular weight excluding hydrogens is 220 g/mol. The third-order valence-electron chi connectivity index (χ3n) is 3.39. The average molecular weight is 239 g/mol. The molecule has 1 aromatic carbocycles. The van der Waals surface area contributed by atoms with Crippen LogP contribution >= 0.6 is 11.6 Å². The van der Waals surface area contributed by atoms with Gasteiger partial charge in [0.25, 0.3) is 0 Å². The van der Waals surface area contributed by atoms with Gasteiger partial charge in [-0.3, -0.25) is 0 Å². The maximum absolute atomic E-state index is 6.14. The van der Waals surface area contributed by atoms with Crippen molar-refractivity contribution in [2.75, 3.05) is 19.1 Å². The lowest BCUT2D eigenvalue weighted by atomic mass is 9.79. The van der Waals surface area contributed by atoms with E-state index in [1.807, 2.05) is 0 Å². The summed E-state index contributed by atoms with van der Waals surface area (Å²) < 4.78 is 5.59. The van der Waals surface area contributed by atoms with Gasteiger partial charge >= 0.3 is 0 Å². The summed E-state index contributed by atoms with van der Waals surface area (Å²) in [5.74, 6) is 0.695. The monoisotopic (exact) mass is 238 g/mol. The highest BCUT2D eigenvalue weighted by molar-refractivity contribution is 6.18. The van der Waals surface area contributed by atoms with E-state index in [0.29, 0.717) is 5.88 Å². The predicted octanol–water partition coefficient (Wildman–Crippen LogP) is 3.57. The van der Waals surface area contributed by atoms with Crippen LogP contribution in [0.1, 0.15) is 24.0 Å². The molecule has 1 aliphatic heterocycles. The molecule has 0 radical (unpaired) electrons. The van der Waals surface area contributed by atoms with Crippen LogP contribution in [0.4, 0.5) is 0 Å². The number of hydrogen-bond acceptors (Lipinski definition) is 1. The van der Waals surface area contributed by atoms with Crippen LogP contribution in [-0.2, 0) is 11.2 Å². The Kier molecular flexibility index (Phi) is 3.88. The number of rotatable bonds is 3. The number of ether oxygens (including phenoxy) is 1. The lowest BCUT2D eigenvalue weighted by Gasteiger charge is -2.35. The molecule has 1 unspecified atom stereocenters. The Hall–Kier alpha value is -0.530. The molecule has 88 valence electrons. The molecule has 0 spiro atoms. The lowest BCUT2D eigenvalue weighted by Crippen LogP contribution is -2.35. The SMILES string of the molecule is Cc1ccc(CC2(CCl)CCCOC2)cc1. The van der Waals surface area contributed by atoms with Gasteiger partial charge in [0.1, 0.15) is 0 Å². The fraction of sp³-hybridized carbons (Fsp3) is 0.571. The highest BCUT2D eigenvalue weighted by atomic mass is 35.5. The smallest absolute Gasteiger partial charge is 0.0537 e. The number of halogens is 1. The summed E-state index contributed by atoms with van der Waals surface area (Å²) >= 11 is 6.14. The molecule has 2 heteroatoms. The van der Waals surface area contributed by atoms with Gasteiger partial charge in [-0.2, -0.15) is 0 Å². The van der Waals surface area contributed by atoms with Crippen LogP contribution in [0.2, 0.25) is 0 Å². The third-order valence-corrected chi connectivity index (χ3v) is 3.95. The minimum absolute atomic E-state index is 0.162. The Bertz CT molecular complexity index is 325. The lowest BCUT2D eigenvalue weighted by molar-refractivity contribution is 0.00477. The molecule has 2 rings (SSSR count). The molecule has 1 aliphatic rings. The minimum atomic E-state index is 0.162. The first kappa shape index (κ1) is 11.9. The molecule has 0 aliphatic carbocycles. The van der Waals surface area contributed by atoms with Crippen molar-refractivity contribution >= 4 is 11.6 Å². The van der Waals surface area contributed by atoms with Gasteiger partial charge in [-0.1, -0.05) is 29.8 Å². The van der Waals surface area contributed by atoms with Crippen molar-refractivity contribution in [3.05, 3.63) is 35.4 Å². The number of benzene rings is 1. The normalized spacial score (nSPS) is 25.6. The van der Waals surface area contributed by atoms with Crippen LogP contribution < -0.4 is 0 Å². The van der Waals surface area contributed by atoms with E-state index in [4.69, 9.17) is 16.3 Å². The zero-order valence-corrected chi connectivity index (χ0v) is 10.6. The predicted molar refractivity (Wildman–Crippen MR) is 68.1 cm³/mol. The van der Waals surface area contributed by atoms with Gasteiger partial charge in [-0.05, 0) is 31.7 Å². The number of aryl methyl sites for hydroxylation is 1. The fourth-order valence-corrected chi connectivity index (χ4v) is 2.65. The molecule has 1 heterocycles. The molecule has 0 aromatic heterocycles. The summed E-state index contributed by atoms with van der Waals surface area (Å²) in [6.07, 6.45) is 3.36. The Morgan fingerprint density at radius 1 is 1.31 bits per heavy atom. The molecule has 1 atom stereocenters. The van der Waals surface area contributed by atoms with Gasteiger partial charge in [0.05, 0.1) is 6.61 Å². The molecule has 1 fully saturated rings. The molecule has 1 nitrogen and oxygen atoms in total. The van der Waals surface area contributed by atoms with Crippen LogP contribution in [0.5, 0.6) is 0 Å². The van der Waals surface area contributed by atoms with Crippen molar-refractivity contribution in [2.24, 2.45) is 5.41 Å². The van der Waals surface area contributed by atoms with Crippen molar-refractivity contribution in [2.45, 2.75) is 26.2 Å². The number of hydrogen-bond donors (Lipinski definition) is 0. The Labute approximate surface area is 103 Å². The summed E-state index contributed by atoms with van der Waals surface area (Å²) in [6, 6.07) is 8.75. The van der Waals surface area contributed by atoms with Gasteiger partial charge in [0, 0.05) is 17.9 Å². The van der Waals surface area contributed by atoms with Crippen LogP contribution in [0.25, 0.3) is 0 Å². The number of alkyl halides is 1. The van der Waals surface area contributed by atoms with Crippen LogP contribution in [0, 0.1) is 12.3 Å². The van der Waals surface area contributed by atoms with Crippen molar-refractivity contribution in [3.8, 4) is 0 Å². The van der Waals surface area contributed by atoms with Gasteiger partial charge in [-0.15, -0.1) is 11.6 Å². The van der Waals surface area contributed by atoms with Crippen molar-refractivity contribution in [1.82, 2.24) is 0 Å². The van der Waals surface area contributed by atoms with E-state index in [1.165, 1.54) is 17.5 Å². The summed E-state index contributed by atoms with van der Waals surface area (Å²) in [5, 5.41) is 0. The minimum Gasteiger partial charge on any atom is -0.381 e. The highest BCUT2D eigenvalue weighted by Gasteiger charge is 2.32. The van der Waals surface area contributed by atoms with E-state index in [9.17, 15) is 0 Å². The van der Waals surface area contributed by atoms with E-state index in [2.05, 4.69) is 31.2 Å². The van der Waals surface area contributed by atoms with E-state index in [-0.39, 0.29) is 5.41 Å². The first-order valence-corrected chi connectivity index (χ1v) is 6.47. The van der Waals surface area contributed by atoms with Crippen LogP contribution in [0.15, 0.2) is 24.3 Å². The maximum Gasteiger partial charge on any atom is 0.0537 e. The summed E-state index contributed by atoms with van der Waals surface area (Å²) in [7, 11) is 0. The molecule has 0 amide bonds. The van der Waals surface area contributed by atoms with Crippen LogP contribution in [0.3, 0.4) is 0 Å².